The van der Waals surface area contributed by atoms with E-state index in [9.17, 15) is 18.0 Å². The maximum absolute atomic E-state index is 13.1. The van der Waals surface area contributed by atoms with Crippen molar-refractivity contribution >= 4 is 33.2 Å². The Morgan fingerprint density at radius 2 is 1.82 bits per heavy atom. The minimum atomic E-state index is -3.71. The van der Waals surface area contributed by atoms with Gasteiger partial charge in [-0.25, -0.2) is 13.4 Å². The lowest BCUT2D eigenvalue weighted by atomic mass is 10.1. The zero-order valence-electron chi connectivity index (χ0n) is 18.4. The largest absolute Gasteiger partial charge is 0.379 e. The zero-order chi connectivity index (χ0) is 23.4. The van der Waals surface area contributed by atoms with Gasteiger partial charge in [-0.2, -0.15) is 9.41 Å². The van der Waals surface area contributed by atoms with Gasteiger partial charge in [-0.05, 0) is 30.2 Å². The van der Waals surface area contributed by atoms with Gasteiger partial charge in [-0.1, -0.05) is 36.4 Å². The van der Waals surface area contributed by atoms with Crippen LogP contribution in [0.5, 0.6) is 0 Å². The molecule has 0 radical (unpaired) electrons. The molecule has 2 amide bonds. The third kappa shape index (κ3) is 5.29. The summed E-state index contributed by atoms with van der Waals surface area (Å²) in [5, 5.41) is 8.31. The molecule has 0 aromatic heterocycles. The maximum atomic E-state index is 13.1. The van der Waals surface area contributed by atoms with Crippen molar-refractivity contribution in [2.75, 3.05) is 31.6 Å². The molecule has 1 fully saturated rings. The second-order valence-corrected chi connectivity index (χ2v) is 9.84. The molecular weight excluding hydrogens is 444 g/mol. The van der Waals surface area contributed by atoms with E-state index in [0.29, 0.717) is 37.6 Å². The van der Waals surface area contributed by atoms with E-state index >= 15 is 0 Å². The van der Waals surface area contributed by atoms with E-state index in [4.69, 9.17) is 4.74 Å². The third-order valence-corrected chi connectivity index (χ3v) is 7.62. The van der Waals surface area contributed by atoms with E-state index in [1.807, 2.05) is 30.3 Å². The maximum Gasteiger partial charge on any atom is 0.271 e. The van der Waals surface area contributed by atoms with Crippen LogP contribution in [0.4, 0.5) is 5.69 Å². The molecule has 0 saturated carbocycles. The molecule has 2 aromatic carbocycles. The number of hydrogen-bond donors (Lipinski definition) is 1. The van der Waals surface area contributed by atoms with Crippen molar-refractivity contribution in [2.45, 2.75) is 31.2 Å². The molecule has 9 nitrogen and oxygen atoms in total. The second-order valence-electron chi connectivity index (χ2n) is 7.93. The number of hydrogen-bond acceptors (Lipinski definition) is 6. The molecule has 0 atom stereocenters. The first-order chi connectivity index (χ1) is 15.8. The van der Waals surface area contributed by atoms with Crippen molar-refractivity contribution in [3.8, 4) is 0 Å². The van der Waals surface area contributed by atoms with Crippen molar-refractivity contribution < 1.29 is 22.7 Å². The minimum Gasteiger partial charge on any atom is -0.379 e. The summed E-state index contributed by atoms with van der Waals surface area (Å²) in [6.45, 7) is 3.29. The SMILES string of the molecule is Cc1ccc(NC(=O)C2=NN(Cc3ccccc3)C(=O)CC2)cc1S(=O)(=O)N1CCOCC1. The van der Waals surface area contributed by atoms with Gasteiger partial charge >= 0.3 is 0 Å². The van der Waals surface area contributed by atoms with E-state index in [1.54, 1.807) is 19.1 Å². The standard InChI is InChI=1S/C23H26N4O5S/c1-17-7-8-19(15-21(17)33(30,31)26-11-13-32-14-12-26)24-23(29)20-9-10-22(28)27(25-20)16-18-5-3-2-4-6-18/h2-8,15H,9-14,16H2,1H3,(H,24,29). The summed E-state index contributed by atoms with van der Waals surface area (Å²) in [5.41, 5.74) is 2.08. The Labute approximate surface area is 193 Å². The molecule has 1 N–H and O–H groups in total. The van der Waals surface area contributed by atoms with E-state index < -0.39 is 15.9 Å². The topological polar surface area (TPSA) is 108 Å². The first kappa shape index (κ1) is 23.1. The number of nitrogens with zero attached hydrogens (tertiary/aromatic N) is 3. The number of amides is 2. The van der Waals surface area contributed by atoms with Gasteiger partial charge in [0.05, 0.1) is 24.7 Å². The summed E-state index contributed by atoms with van der Waals surface area (Å²) >= 11 is 0. The molecule has 0 aliphatic carbocycles. The van der Waals surface area contributed by atoms with Crippen molar-refractivity contribution in [1.82, 2.24) is 9.31 Å². The van der Waals surface area contributed by atoms with Crippen LogP contribution in [0.25, 0.3) is 0 Å². The van der Waals surface area contributed by atoms with Gasteiger partial charge in [0, 0.05) is 31.6 Å². The summed E-state index contributed by atoms with van der Waals surface area (Å²) < 4.78 is 32.8. The van der Waals surface area contributed by atoms with Crippen molar-refractivity contribution in [2.24, 2.45) is 5.10 Å². The molecule has 1 saturated heterocycles. The van der Waals surface area contributed by atoms with Crippen LogP contribution in [0, 0.1) is 6.92 Å². The van der Waals surface area contributed by atoms with Crippen LogP contribution < -0.4 is 5.32 Å². The molecule has 2 aromatic rings. The monoisotopic (exact) mass is 470 g/mol. The third-order valence-electron chi connectivity index (χ3n) is 5.58. The van der Waals surface area contributed by atoms with E-state index in [0.717, 1.165) is 5.56 Å². The van der Waals surface area contributed by atoms with Crippen LogP contribution in [-0.4, -0.2) is 61.6 Å². The highest BCUT2D eigenvalue weighted by Crippen LogP contribution is 2.25. The molecule has 10 heteroatoms. The van der Waals surface area contributed by atoms with Crippen LogP contribution in [0.3, 0.4) is 0 Å². The lowest BCUT2D eigenvalue weighted by Crippen LogP contribution is -2.40. The average molecular weight is 471 g/mol. The van der Waals surface area contributed by atoms with Crippen LogP contribution in [-0.2, 0) is 30.9 Å². The van der Waals surface area contributed by atoms with Crippen LogP contribution in [0.2, 0.25) is 0 Å². The van der Waals surface area contributed by atoms with Gasteiger partial charge in [0.1, 0.15) is 5.71 Å². The highest BCUT2D eigenvalue weighted by Gasteiger charge is 2.29. The minimum absolute atomic E-state index is 0.147. The number of carbonyl (C=O) groups is 2. The normalized spacial score (nSPS) is 17.5. The molecular formula is C23H26N4O5S. The fourth-order valence-corrected chi connectivity index (χ4v) is 5.39. The summed E-state index contributed by atoms with van der Waals surface area (Å²) in [6, 6.07) is 14.2. The fourth-order valence-electron chi connectivity index (χ4n) is 3.73. The molecule has 0 spiro atoms. The highest BCUT2D eigenvalue weighted by atomic mass is 32.2. The van der Waals surface area contributed by atoms with E-state index in [-0.39, 0.29) is 35.9 Å². The Balaban J connectivity index is 1.51. The average Bonchev–Trinajstić information content (AvgIpc) is 2.83. The second kappa shape index (κ2) is 9.82. The van der Waals surface area contributed by atoms with E-state index in [2.05, 4.69) is 10.4 Å². The number of rotatable bonds is 6. The molecule has 2 aliphatic rings. The molecule has 4 rings (SSSR count). The van der Waals surface area contributed by atoms with Crippen molar-refractivity contribution in [1.29, 1.82) is 0 Å². The predicted molar refractivity (Wildman–Crippen MR) is 123 cm³/mol. The van der Waals surface area contributed by atoms with Crippen molar-refractivity contribution in [3.63, 3.8) is 0 Å². The quantitative estimate of drug-likeness (QED) is 0.696. The number of aryl methyl sites for hydroxylation is 1. The lowest BCUT2D eigenvalue weighted by molar-refractivity contribution is -0.132. The summed E-state index contributed by atoms with van der Waals surface area (Å²) in [4.78, 5) is 25.3. The Morgan fingerprint density at radius 1 is 1.09 bits per heavy atom. The number of benzene rings is 2. The Bertz CT molecular complexity index is 1170. The molecule has 174 valence electrons. The number of sulfonamides is 1. The molecule has 0 bridgehead atoms. The summed E-state index contributed by atoms with van der Waals surface area (Å²) in [7, 11) is -3.71. The van der Waals surface area contributed by atoms with Crippen LogP contribution in [0.1, 0.15) is 24.0 Å². The zero-order valence-corrected chi connectivity index (χ0v) is 19.2. The first-order valence-electron chi connectivity index (χ1n) is 10.8. The number of carbonyl (C=O) groups excluding carboxylic acids is 2. The van der Waals surface area contributed by atoms with Gasteiger partial charge in [0.25, 0.3) is 5.91 Å². The van der Waals surface area contributed by atoms with Crippen LogP contribution in [0.15, 0.2) is 58.5 Å². The number of ether oxygens (including phenoxy) is 1. The fraction of sp³-hybridized carbons (Fsp3) is 0.348. The van der Waals surface area contributed by atoms with Gasteiger partial charge in [-0.15, -0.1) is 0 Å². The number of nitrogens with one attached hydrogen (secondary N) is 1. The Kier molecular flexibility index (Phi) is 6.87. The number of hydrazone groups is 1. The first-order valence-corrected chi connectivity index (χ1v) is 12.2. The molecule has 2 heterocycles. The molecule has 33 heavy (non-hydrogen) atoms. The Hall–Kier alpha value is -3.08. The van der Waals surface area contributed by atoms with Gasteiger partial charge < -0.3 is 10.1 Å². The van der Waals surface area contributed by atoms with Gasteiger partial charge in [0.15, 0.2) is 0 Å². The Morgan fingerprint density at radius 3 is 2.55 bits per heavy atom. The summed E-state index contributed by atoms with van der Waals surface area (Å²) in [6.07, 6.45) is 0.407. The predicted octanol–water partition coefficient (Wildman–Crippen LogP) is 2.13. The van der Waals surface area contributed by atoms with Gasteiger partial charge in [0.2, 0.25) is 15.9 Å². The van der Waals surface area contributed by atoms with Crippen LogP contribution >= 0.6 is 0 Å². The smallest absolute Gasteiger partial charge is 0.271 e. The van der Waals surface area contributed by atoms with Crippen molar-refractivity contribution in [3.05, 3.63) is 59.7 Å². The summed E-state index contributed by atoms with van der Waals surface area (Å²) in [5.74, 6) is -0.608. The van der Waals surface area contributed by atoms with E-state index in [1.165, 1.54) is 15.4 Å². The lowest BCUT2D eigenvalue weighted by Gasteiger charge is -2.27. The highest BCUT2D eigenvalue weighted by molar-refractivity contribution is 7.89. The molecule has 0 unspecified atom stereocenters. The van der Waals surface area contributed by atoms with Gasteiger partial charge in [-0.3, -0.25) is 9.59 Å². The molecule has 2 aliphatic heterocycles. The number of morpholine rings is 1. The number of anilines is 1.